The van der Waals surface area contributed by atoms with Gasteiger partial charge in [0, 0.05) is 38.4 Å². The number of hydrogen-bond acceptors (Lipinski definition) is 6. The number of nitrogens with zero attached hydrogens (tertiary/aromatic N) is 1. The van der Waals surface area contributed by atoms with Gasteiger partial charge in [0.15, 0.2) is 11.5 Å². The zero-order valence-corrected chi connectivity index (χ0v) is 16.5. The molecule has 0 amide bonds. The van der Waals surface area contributed by atoms with E-state index >= 15 is 0 Å². The van der Waals surface area contributed by atoms with Crippen LogP contribution in [-0.2, 0) is 14.3 Å². The summed E-state index contributed by atoms with van der Waals surface area (Å²) in [6.07, 6.45) is 2.55. The first-order valence-electron chi connectivity index (χ1n) is 9.15. The normalized spacial score (nSPS) is 17.3. The van der Waals surface area contributed by atoms with Gasteiger partial charge in [0.1, 0.15) is 11.6 Å². The molecule has 0 aromatic heterocycles. The Morgan fingerprint density at radius 2 is 1.96 bits per heavy atom. The summed E-state index contributed by atoms with van der Waals surface area (Å²) in [6, 6.07) is 5.52. The van der Waals surface area contributed by atoms with Crippen LogP contribution >= 0.6 is 0 Å². The molecule has 2 rings (SSSR count). The maximum absolute atomic E-state index is 12.6. The van der Waals surface area contributed by atoms with E-state index in [0.717, 1.165) is 31.5 Å². The van der Waals surface area contributed by atoms with Crippen molar-refractivity contribution < 1.29 is 23.7 Å². The molecule has 0 bridgehead atoms. The number of anilines is 1. The van der Waals surface area contributed by atoms with Gasteiger partial charge in [0.05, 0.1) is 13.7 Å². The van der Waals surface area contributed by atoms with Gasteiger partial charge in [-0.25, -0.2) is 4.79 Å². The van der Waals surface area contributed by atoms with Crippen molar-refractivity contribution in [1.82, 2.24) is 0 Å². The summed E-state index contributed by atoms with van der Waals surface area (Å²) in [4.78, 5) is 14.7. The van der Waals surface area contributed by atoms with Gasteiger partial charge in [-0.3, -0.25) is 0 Å². The van der Waals surface area contributed by atoms with Crippen LogP contribution in [0.15, 0.2) is 18.2 Å². The summed E-state index contributed by atoms with van der Waals surface area (Å²) in [7, 11) is 3.29. The van der Waals surface area contributed by atoms with E-state index in [9.17, 15) is 4.79 Å². The fourth-order valence-corrected chi connectivity index (χ4v) is 3.03. The van der Waals surface area contributed by atoms with E-state index in [0.29, 0.717) is 24.7 Å². The highest BCUT2D eigenvalue weighted by Gasteiger charge is 2.34. The highest BCUT2D eigenvalue weighted by atomic mass is 16.6. The van der Waals surface area contributed by atoms with E-state index < -0.39 is 5.60 Å². The van der Waals surface area contributed by atoms with Crippen molar-refractivity contribution >= 4 is 11.7 Å². The third-order valence-corrected chi connectivity index (χ3v) is 4.16. The minimum atomic E-state index is -0.485. The molecule has 0 N–H and O–H groups in total. The quantitative estimate of drug-likeness (QED) is 0.520. The largest absolute Gasteiger partial charge is 0.493 e. The van der Waals surface area contributed by atoms with E-state index in [4.69, 9.17) is 18.9 Å². The number of methoxy groups -OCH3 is 2. The number of esters is 1. The van der Waals surface area contributed by atoms with Crippen molar-refractivity contribution in [3.8, 4) is 11.5 Å². The average molecular weight is 365 g/mol. The van der Waals surface area contributed by atoms with Crippen molar-refractivity contribution in [2.75, 3.05) is 38.9 Å². The number of hydrogen-bond donors (Lipinski definition) is 0. The predicted molar refractivity (Wildman–Crippen MR) is 101 cm³/mol. The number of benzene rings is 1. The first-order chi connectivity index (χ1) is 12.4. The van der Waals surface area contributed by atoms with Gasteiger partial charge in [0.2, 0.25) is 0 Å². The molecule has 1 saturated heterocycles. The lowest BCUT2D eigenvalue weighted by Gasteiger charge is -2.29. The van der Waals surface area contributed by atoms with Crippen LogP contribution in [0, 0.1) is 0 Å². The van der Waals surface area contributed by atoms with E-state index in [2.05, 4.69) is 4.90 Å². The maximum Gasteiger partial charge on any atom is 0.329 e. The highest BCUT2D eigenvalue weighted by Crippen LogP contribution is 2.35. The van der Waals surface area contributed by atoms with Crippen LogP contribution in [0.2, 0.25) is 0 Å². The van der Waals surface area contributed by atoms with Crippen LogP contribution in [0.4, 0.5) is 5.69 Å². The van der Waals surface area contributed by atoms with Crippen molar-refractivity contribution in [3.05, 3.63) is 18.2 Å². The third-order valence-electron chi connectivity index (χ3n) is 4.16. The lowest BCUT2D eigenvalue weighted by atomic mass is 10.1. The third kappa shape index (κ3) is 5.53. The monoisotopic (exact) mass is 365 g/mol. The molecule has 6 heteroatoms. The fraction of sp³-hybridized carbons (Fsp3) is 0.650. The Balaban J connectivity index is 2.14. The molecule has 0 radical (unpaired) electrons. The van der Waals surface area contributed by atoms with Crippen molar-refractivity contribution in [3.63, 3.8) is 0 Å². The lowest BCUT2D eigenvalue weighted by Crippen LogP contribution is -2.40. The first kappa shape index (κ1) is 20.4. The van der Waals surface area contributed by atoms with E-state index in [-0.39, 0.29) is 12.0 Å². The molecule has 1 aliphatic rings. The molecule has 1 fully saturated rings. The first-order valence-corrected chi connectivity index (χ1v) is 9.15. The Hall–Kier alpha value is -1.95. The smallest absolute Gasteiger partial charge is 0.329 e. The summed E-state index contributed by atoms with van der Waals surface area (Å²) >= 11 is 0. The molecular formula is C20H31NO5. The molecule has 0 aliphatic carbocycles. The molecule has 1 aromatic rings. The Morgan fingerprint density at radius 1 is 1.19 bits per heavy atom. The van der Waals surface area contributed by atoms with Crippen LogP contribution in [0.3, 0.4) is 0 Å². The van der Waals surface area contributed by atoms with Gasteiger partial charge >= 0.3 is 5.97 Å². The van der Waals surface area contributed by atoms with Crippen LogP contribution in [0.25, 0.3) is 0 Å². The van der Waals surface area contributed by atoms with Crippen molar-refractivity contribution in [2.24, 2.45) is 0 Å². The van der Waals surface area contributed by atoms with Crippen LogP contribution in [0.5, 0.6) is 11.5 Å². The van der Waals surface area contributed by atoms with Gasteiger partial charge in [-0.2, -0.15) is 0 Å². The van der Waals surface area contributed by atoms with E-state index in [1.165, 1.54) is 0 Å². The summed E-state index contributed by atoms with van der Waals surface area (Å²) in [5, 5.41) is 0. The summed E-state index contributed by atoms with van der Waals surface area (Å²) in [6.45, 7) is 7.69. The Labute approximate surface area is 156 Å². The second-order valence-electron chi connectivity index (χ2n) is 7.41. The minimum absolute atomic E-state index is 0.173. The molecule has 1 atom stereocenters. The van der Waals surface area contributed by atoms with Gasteiger partial charge in [-0.05, 0) is 45.7 Å². The Bertz CT molecular complexity index is 596. The van der Waals surface area contributed by atoms with Crippen LogP contribution < -0.4 is 14.4 Å². The molecule has 26 heavy (non-hydrogen) atoms. The summed E-state index contributed by atoms with van der Waals surface area (Å²) < 4.78 is 21.9. The zero-order chi connectivity index (χ0) is 19.2. The van der Waals surface area contributed by atoms with E-state index in [1.54, 1.807) is 14.2 Å². The molecule has 1 aromatic carbocycles. The number of carbonyl (C=O) groups is 1. The lowest BCUT2D eigenvalue weighted by molar-refractivity contribution is -0.156. The molecule has 1 aliphatic heterocycles. The van der Waals surface area contributed by atoms with Crippen LogP contribution in [0.1, 0.15) is 40.0 Å². The maximum atomic E-state index is 12.6. The number of ether oxygens (including phenoxy) is 4. The van der Waals surface area contributed by atoms with Gasteiger partial charge in [-0.1, -0.05) is 0 Å². The highest BCUT2D eigenvalue weighted by molar-refractivity contribution is 5.81. The summed E-state index contributed by atoms with van der Waals surface area (Å²) in [5.41, 5.74) is 0.460. The molecule has 146 valence electrons. The second-order valence-corrected chi connectivity index (χ2v) is 7.41. The second kappa shape index (κ2) is 9.12. The topological polar surface area (TPSA) is 57.2 Å². The van der Waals surface area contributed by atoms with Gasteiger partial charge < -0.3 is 23.8 Å². The SMILES string of the molecule is COCCCOc1cc(N2CCCC2C(=O)OC(C)(C)C)ccc1OC. The van der Waals surface area contributed by atoms with Crippen molar-refractivity contribution in [2.45, 2.75) is 51.7 Å². The number of carbonyl (C=O) groups excluding carboxylic acids is 1. The molecule has 1 unspecified atom stereocenters. The Kier molecular flexibility index (Phi) is 7.14. The van der Waals surface area contributed by atoms with Gasteiger partial charge in [-0.15, -0.1) is 0 Å². The molecule has 1 heterocycles. The molecule has 0 saturated carbocycles. The minimum Gasteiger partial charge on any atom is -0.493 e. The average Bonchev–Trinajstić information content (AvgIpc) is 3.07. The standard InChI is InChI=1S/C20H31NO5/c1-20(2,3)26-19(22)16-8-6-11-21(16)15-9-10-17(24-5)18(14-15)25-13-7-12-23-4/h9-10,14,16H,6-8,11-13H2,1-5H3. The molecular weight excluding hydrogens is 334 g/mol. The van der Waals surface area contributed by atoms with Crippen molar-refractivity contribution in [1.29, 1.82) is 0 Å². The predicted octanol–water partition coefficient (Wildman–Crippen LogP) is 3.42. The van der Waals surface area contributed by atoms with E-state index in [1.807, 2.05) is 39.0 Å². The Morgan fingerprint density at radius 3 is 2.62 bits per heavy atom. The number of rotatable bonds is 8. The fourth-order valence-electron chi connectivity index (χ4n) is 3.03. The van der Waals surface area contributed by atoms with Gasteiger partial charge in [0.25, 0.3) is 0 Å². The summed E-state index contributed by atoms with van der Waals surface area (Å²) in [5.74, 6) is 1.18. The molecule has 6 nitrogen and oxygen atoms in total. The van der Waals surface area contributed by atoms with Crippen LogP contribution in [-0.4, -0.2) is 51.6 Å². The zero-order valence-electron chi connectivity index (χ0n) is 16.5. The molecule has 0 spiro atoms.